The molecule has 2 aromatic rings. The third-order valence-electron chi connectivity index (χ3n) is 4.43. The molecule has 1 aromatic carbocycles. The van der Waals surface area contributed by atoms with Crippen molar-refractivity contribution in [2.45, 2.75) is 32.2 Å². The molecule has 2 heterocycles. The van der Waals surface area contributed by atoms with Gasteiger partial charge in [0, 0.05) is 5.69 Å². The highest BCUT2D eigenvalue weighted by atomic mass is 16.3. The normalized spacial score (nSPS) is 17.6. The summed E-state index contributed by atoms with van der Waals surface area (Å²) in [6.07, 6.45) is 5.50. The van der Waals surface area contributed by atoms with E-state index >= 15 is 0 Å². The van der Waals surface area contributed by atoms with E-state index in [1.54, 1.807) is 6.26 Å². The molecule has 1 aromatic heterocycles. The Labute approximate surface area is 143 Å². The third-order valence-corrected chi connectivity index (χ3v) is 4.43. The Bertz CT molecular complexity index is 660. The smallest absolute Gasteiger partial charge is 0.193 e. The molecule has 0 amide bonds. The van der Waals surface area contributed by atoms with Crippen molar-refractivity contribution >= 4 is 11.6 Å². The van der Waals surface area contributed by atoms with Gasteiger partial charge in [-0.1, -0.05) is 18.6 Å². The van der Waals surface area contributed by atoms with Crippen LogP contribution in [0.4, 0.5) is 5.69 Å². The van der Waals surface area contributed by atoms with Crippen LogP contribution in [-0.4, -0.2) is 30.5 Å². The van der Waals surface area contributed by atoms with E-state index in [0.717, 1.165) is 24.5 Å². The van der Waals surface area contributed by atoms with E-state index < -0.39 is 0 Å². The number of likely N-dealkylation sites (tertiary alicyclic amines) is 1. The number of nitrogens with one attached hydrogen (secondary N) is 1. The lowest BCUT2D eigenvalue weighted by atomic mass is 10.1. The van der Waals surface area contributed by atoms with E-state index in [-0.39, 0.29) is 6.04 Å². The number of rotatable bonds is 5. The van der Waals surface area contributed by atoms with Crippen molar-refractivity contribution in [3.05, 3.63) is 54.0 Å². The largest absolute Gasteiger partial charge is 0.468 e. The predicted molar refractivity (Wildman–Crippen MR) is 98.2 cm³/mol. The summed E-state index contributed by atoms with van der Waals surface area (Å²) in [5, 5.41) is 3.16. The number of anilines is 1. The van der Waals surface area contributed by atoms with Crippen LogP contribution in [-0.2, 0) is 0 Å². The molecule has 0 spiro atoms. The Kier molecular flexibility index (Phi) is 5.54. The number of furan rings is 1. The van der Waals surface area contributed by atoms with Crippen LogP contribution in [0.1, 0.15) is 36.6 Å². The average molecular weight is 326 g/mol. The standard InChI is InChI=1S/C19H26N4O/c1-15-7-5-8-16(13-15)22-19(20)21-14-17(18-9-6-12-24-18)23-10-3-2-4-11-23/h5-9,12-13,17H,2-4,10-11,14H2,1H3,(H3,20,21,22). The number of nitrogens with two attached hydrogens (primary N) is 1. The first kappa shape index (κ1) is 16.6. The molecular weight excluding hydrogens is 300 g/mol. The zero-order valence-corrected chi connectivity index (χ0v) is 14.2. The fraction of sp³-hybridized carbons (Fsp3) is 0.421. The number of nitrogens with zero attached hydrogens (tertiary/aromatic N) is 2. The second-order valence-electron chi connectivity index (χ2n) is 6.35. The van der Waals surface area contributed by atoms with Crippen LogP contribution in [0.3, 0.4) is 0 Å². The predicted octanol–water partition coefficient (Wildman–Crippen LogP) is 3.54. The minimum atomic E-state index is 0.151. The van der Waals surface area contributed by atoms with Gasteiger partial charge in [0.1, 0.15) is 5.76 Å². The number of piperidine rings is 1. The molecule has 0 bridgehead atoms. The molecule has 0 aliphatic carbocycles. The molecule has 1 aliphatic rings. The molecule has 1 unspecified atom stereocenters. The number of aliphatic imine (C=N–C) groups is 1. The highest BCUT2D eigenvalue weighted by Crippen LogP contribution is 2.25. The van der Waals surface area contributed by atoms with E-state index in [0.29, 0.717) is 12.5 Å². The molecule has 128 valence electrons. The number of guanidine groups is 1. The second kappa shape index (κ2) is 8.02. The van der Waals surface area contributed by atoms with Crippen molar-refractivity contribution in [3.8, 4) is 0 Å². The van der Waals surface area contributed by atoms with Gasteiger partial charge in [-0.25, -0.2) is 0 Å². The molecule has 24 heavy (non-hydrogen) atoms. The Morgan fingerprint density at radius 3 is 2.79 bits per heavy atom. The first-order valence-electron chi connectivity index (χ1n) is 8.63. The van der Waals surface area contributed by atoms with Gasteiger partial charge in [-0.15, -0.1) is 0 Å². The summed E-state index contributed by atoms with van der Waals surface area (Å²) >= 11 is 0. The Morgan fingerprint density at radius 2 is 2.08 bits per heavy atom. The zero-order valence-electron chi connectivity index (χ0n) is 14.2. The minimum absolute atomic E-state index is 0.151. The van der Waals surface area contributed by atoms with Crippen molar-refractivity contribution in [3.63, 3.8) is 0 Å². The summed E-state index contributed by atoms with van der Waals surface area (Å²) in [7, 11) is 0. The molecule has 1 saturated heterocycles. The summed E-state index contributed by atoms with van der Waals surface area (Å²) in [6, 6.07) is 12.2. The van der Waals surface area contributed by atoms with Gasteiger partial charge in [-0.05, 0) is 62.7 Å². The molecule has 1 atom stereocenters. The van der Waals surface area contributed by atoms with Crippen LogP contribution < -0.4 is 11.1 Å². The lowest BCUT2D eigenvalue weighted by Gasteiger charge is -2.32. The van der Waals surface area contributed by atoms with Crippen molar-refractivity contribution in [2.24, 2.45) is 10.7 Å². The zero-order chi connectivity index (χ0) is 16.8. The first-order chi connectivity index (χ1) is 11.7. The summed E-state index contributed by atoms with van der Waals surface area (Å²) in [6.45, 7) is 4.83. The fourth-order valence-corrected chi connectivity index (χ4v) is 3.19. The van der Waals surface area contributed by atoms with Gasteiger partial charge in [-0.3, -0.25) is 9.89 Å². The number of benzene rings is 1. The van der Waals surface area contributed by atoms with E-state index in [2.05, 4.69) is 34.3 Å². The van der Waals surface area contributed by atoms with Crippen molar-refractivity contribution in [1.82, 2.24) is 4.90 Å². The molecule has 3 N–H and O–H groups in total. The lowest BCUT2D eigenvalue weighted by Crippen LogP contribution is -2.36. The highest BCUT2D eigenvalue weighted by Gasteiger charge is 2.24. The molecule has 1 aliphatic heterocycles. The van der Waals surface area contributed by atoms with Crippen LogP contribution in [0.2, 0.25) is 0 Å². The third kappa shape index (κ3) is 4.38. The monoisotopic (exact) mass is 326 g/mol. The summed E-state index contributed by atoms with van der Waals surface area (Å²) in [4.78, 5) is 7.01. The summed E-state index contributed by atoms with van der Waals surface area (Å²) in [5.74, 6) is 1.40. The van der Waals surface area contributed by atoms with E-state index in [4.69, 9.17) is 10.2 Å². The maximum atomic E-state index is 6.08. The number of aryl methyl sites for hydroxylation is 1. The van der Waals surface area contributed by atoms with Gasteiger partial charge < -0.3 is 15.5 Å². The molecule has 5 heteroatoms. The van der Waals surface area contributed by atoms with E-state index in [9.17, 15) is 0 Å². The Hall–Kier alpha value is -2.27. The molecular formula is C19H26N4O. The quantitative estimate of drug-likeness (QED) is 0.651. The molecule has 5 nitrogen and oxygen atoms in total. The van der Waals surface area contributed by atoms with Crippen molar-refractivity contribution < 1.29 is 4.42 Å². The average Bonchev–Trinajstić information content (AvgIpc) is 3.10. The maximum absolute atomic E-state index is 6.08. The highest BCUT2D eigenvalue weighted by molar-refractivity contribution is 5.92. The molecule has 0 saturated carbocycles. The molecule has 1 fully saturated rings. The van der Waals surface area contributed by atoms with Crippen LogP contribution in [0, 0.1) is 6.92 Å². The van der Waals surface area contributed by atoms with Crippen LogP contribution >= 0.6 is 0 Å². The van der Waals surface area contributed by atoms with Gasteiger partial charge in [0.2, 0.25) is 0 Å². The minimum Gasteiger partial charge on any atom is -0.468 e. The first-order valence-corrected chi connectivity index (χ1v) is 8.63. The fourth-order valence-electron chi connectivity index (χ4n) is 3.19. The van der Waals surface area contributed by atoms with Gasteiger partial charge in [-0.2, -0.15) is 0 Å². The topological polar surface area (TPSA) is 66.8 Å². The van der Waals surface area contributed by atoms with Gasteiger partial charge >= 0.3 is 0 Å². The van der Waals surface area contributed by atoms with Crippen LogP contribution in [0.5, 0.6) is 0 Å². The lowest BCUT2D eigenvalue weighted by molar-refractivity contribution is 0.150. The van der Waals surface area contributed by atoms with Gasteiger partial charge in [0.05, 0.1) is 18.8 Å². The number of hydrogen-bond donors (Lipinski definition) is 2. The molecule has 3 rings (SSSR count). The number of hydrogen-bond acceptors (Lipinski definition) is 3. The summed E-state index contributed by atoms with van der Waals surface area (Å²) in [5.41, 5.74) is 8.23. The van der Waals surface area contributed by atoms with E-state index in [1.165, 1.54) is 24.8 Å². The maximum Gasteiger partial charge on any atom is 0.193 e. The van der Waals surface area contributed by atoms with Gasteiger partial charge in [0.15, 0.2) is 5.96 Å². The summed E-state index contributed by atoms with van der Waals surface area (Å²) < 4.78 is 5.64. The van der Waals surface area contributed by atoms with Gasteiger partial charge in [0.25, 0.3) is 0 Å². The SMILES string of the molecule is Cc1cccc(NC(N)=NCC(c2ccco2)N2CCCCC2)c1. The molecule has 0 radical (unpaired) electrons. The van der Waals surface area contributed by atoms with Crippen LogP contribution in [0.25, 0.3) is 0 Å². The Balaban J connectivity index is 1.67. The van der Waals surface area contributed by atoms with Crippen molar-refractivity contribution in [1.29, 1.82) is 0 Å². The second-order valence-corrected chi connectivity index (χ2v) is 6.35. The Morgan fingerprint density at radius 1 is 1.25 bits per heavy atom. The van der Waals surface area contributed by atoms with Crippen LogP contribution in [0.15, 0.2) is 52.1 Å². The van der Waals surface area contributed by atoms with E-state index in [1.807, 2.05) is 24.3 Å². The van der Waals surface area contributed by atoms with Crippen molar-refractivity contribution in [2.75, 3.05) is 25.0 Å².